The summed E-state index contributed by atoms with van der Waals surface area (Å²) in [7, 11) is 0. The molecule has 6 nitrogen and oxygen atoms in total. The Morgan fingerprint density at radius 1 is 1.35 bits per heavy atom. The van der Waals surface area contributed by atoms with Crippen molar-refractivity contribution in [3.8, 4) is 0 Å². The maximum Gasteiger partial charge on any atom is 0.225 e. The molecule has 0 spiro atoms. The van der Waals surface area contributed by atoms with Crippen molar-refractivity contribution in [1.82, 2.24) is 20.3 Å². The second-order valence-electron chi connectivity index (χ2n) is 5.65. The lowest BCUT2D eigenvalue weighted by molar-refractivity contribution is -0.124. The van der Waals surface area contributed by atoms with Crippen molar-refractivity contribution in [2.45, 2.75) is 25.3 Å². The number of nitrogens with one attached hydrogen (secondary N) is 2. The van der Waals surface area contributed by atoms with Crippen LogP contribution in [-0.2, 0) is 4.79 Å². The van der Waals surface area contributed by atoms with Crippen LogP contribution in [0, 0.1) is 5.92 Å². The summed E-state index contributed by atoms with van der Waals surface area (Å²) in [6, 6.07) is 2.43. The number of nitrogens with zero attached hydrogens (tertiary/aromatic N) is 3. The van der Waals surface area contributed by atoms with Gasteiger partial charge in [0.1, 0.15) is 17.8 Å². The Hall–Kier alpha value is -2.11. The molecule has 3 heterocycles. The molecule has 1 saturated carbocycles. The van der Waals surface area contributed by atoms with Gasteiger partial charge in [0.15, 0.2) is 0 Å². The molecule has 2 aromatic rings. The monoisotopic (exact) mass is 271 g/mol. The first-order valence-corrected chi connectivity index (χ1v) is 7.14. The number of hydrogen-bond acceptors (Lipinski definition) is 4. The van der Waals surface area contributed by atoms with E-state index in [9.17, 15) is 4.79 Å². The fourth-order valence-corrected chi connectivity index (χ4v) is 2.82. The largest absolute Gasteiger partial charge is 0.355 e. The number of aromatic nitrogens is 3. The van der Waals surface area contributed by atoms with Crippen molar-refractivity contribution in [3.05, 3.63) is 18.6 Å². The summed E-state index contributed by atoms with van der Waals surface area (Å²) in [5, 5.41) is 4.12. The number of carbonyl (C=O) groups excluding carboxylic acids is 1. The van der Waals surface area contributed by atoms with Gasteiger partial charge in [-0.15, -0.1) is 0 Å². The molecule has 1 aliphatic carbocycles. The van der Waals surface area contributed by atoms with Gasteiger partial charge in [0.2, 0.25) is 5.91 Å². The number of fused-ring (bicyclic) bond motifs is 1. The van der Waals surface area contributed by atoms with Crippen LogP contribution < -0.4 is 10.2 Å². The second kappa shape index (κ2) is 4.47. The quantitative estimate of drug-likeness (QED) is 0.875. The molecule has 1 saturated heterocycles. The van der Waals surface area contributed by atoms with E-state index in [1.165, 1.54) is 0 Å². The van der Waals surface area contributed by atoms with Gasteiger partial charge >= 0.3 is 0 Å². The van der Waals surface area contributed by atoms with E-state index in [1.807, 2.05) is 12.3 Å². The maximum atomic E-state index is 12.1. The van der Waals surface area contributed by atoms with Crippen molar-refractivity contribution < 1.29 is 4.79 Å². The number of aromatic amines is 1. The lowest BCUT2D eigenvalue weighted by Crippen LogP contribution is -2.34. The third-order valence-corrected chi connectivity index (χ3v) is 4.12. The Bertz CT molecular complexity index is 648. The Labute approximate surface area is 116 Å². The molecular weight excluding hydrogens is 254 g/mol. The van der Waals surface area contributed by atoms with Crippen molar-refractivity contribution in [3.63, 3.8) is 0 Å². The van der Waals surface area contributed by atoms with Crippen LogP contribution in [0.15, 0.2) is 18.6 Å². The number of H-pyrrole nitrogens is 1. The highest BCUT2D eigenvalue weighted by Gasteiger charge is 2.33. The first kappa shape index (κ1) is 11.7. The molecule has 0 aromatic carbocycles. The molecule has 0 bridgehead atoms. The normalized spacial score (nSPS) is 22.4. The summed E-state index contributed by atoms with van der Waals surface area (Å²) in [6.45, 7) is 1.62. The van der Waals surface area contributed by atoms with Crippen LogP contribution >= 0.6 is 0 Å². The molecule has 4 rings (SSSR count). The molecule has 6 heteroatoms. The molecule has 0 radical (unpaired) electrons. The molecule has 1 unspecified atom stereocenters. The van der Waals surface area contributed by atoms with Crippen LogP contribution in [-0.4, -0.2) is 40.0 Å². The van der Waals surface area contributed by atoms with Crippen molar-refractivity contribution >= 4 is 22.8 Å². The second-order valence-corrected chi connectivity index (χ2v) is 5.65. The SMILES string of the molecule is O=C(NC1CC1)C1CCN(c2ncnc3[nH]ccc23)C1. The molecular formula is C14H17N5O. The zero-order valence-corrected chi connectivity index (χ0v) is 11.2. The van der Waals surface area contributed by atoms with Crippen molar-refractivity contribution in [2.75, 3.05) is 18.0 Å². The fourth-order valence-electron chi connectivity index (χ4n) is 2.82. The standard InChI is InChI=1S/C14H17N5O/c20-14(18-10-1-2-10)9-4-6-19(7-9)13-11-3-5-15-12(11)16-8-17-13/h3,5,8-10H,1-2,4,6-7H2,(H,18,20)(H,15,16,17). The Morgan fingerprint density at radius 2 is 2.25 bits per heavy atom. The zero-order chi connectivity index (χ0) is 13.5. The average Bonchev–Trinajstić information content (AvgIpc) is 2.97. The highest BCUT2D eigenvalue weighted by Crippen LogP contribution is 2.28. The average molecular weight is 271 g/mol. The molecule has 2 aliphatic rings. The Morgan fingerprint density at radius 3 is 3.10 bits per heavy atom. The number of rotatable bonds is 3. The molecule has 20 heavy (non-hydrogen) atoms. The van der Waals surface area contributed by atoms with Crippen LogP contribution in [0.5, 0.6) is 0 Å². The highest BCUT2D eigenvalue weighted by atomic mass is 16.2. The minimum atomic E-state index is 0.0829. The van der Waals surface area contributed by atoms with Gasteiger partial charge in [-0.3, -0.25) is 4.79 Å². The van der Waals surface area contributed by atoms with E-state index in [0.717, 1.165) is 49.2 Å². The molecule has 1 amide bonds. The molecule has 2 N–H and O–H groups in total. The number of amides is 1. The first-order valence-electron chi connectivity index (χ1n) is 7.14. The van der Waals surface area contributed by atoms with E-state index in [4.69, 9.17) is 0 Å². The predicted molar refractivity (Wildman–Crippen MR) is 75.4 cm³/mol. The Balaban J connectivity index is 1.52. The first-order chi connectivity index (χ1) is 9.81. The van der Waals surface area contributed by atoms with Crippen LogP contribution in [0.25, 0.3) is 11.0 Å². The lowest BCUT2D eigenvalue weighted by Gasteiger charge is -2.17. The summed E-state index contributed by atoms with van der Waals surface area (Å²) < 4.78 is 0. The minimum Gasteiger partial charge on any atom is -0.355 e. The van der Waals surface area contributed by atoms with Gasteiger partial charge in [-0.05, 0) is 25.3 Å². The van der Waals surface area contributed by atoms with E-state index in [1.54, 1.807) is 6.33 Å². The Kier molecular flexibility index (Phi) is 2.61. The van der Waals surface area contributed by atoms with Crippen molar-refractivity contribution in [2.24, 2.45) is 5.92 Å². The van der Waals surface area contributed by atoms with Crippen LogP contribution in [0.1, 0.15) is 19.3 Å². The van der Waals surface area contributed by atoms with E-state index in [0.29, 0.717) is 6.04 Å². The van der Waals surface area contributed by atoms with Crippen LogP contribution in [0.4, 0.5) is 5.82 Å². The van der Waals surface area contributed by atoms with Gasteiger partial charge in [0.25, 0.3) is 0 Å². The van der Waals surface area contributed by atoms with Gasteiger partial charge < -0.3 is 15.2 Å². The number of anilines is 1. The lowest BCUT2D eigenvalue weighted by atomic mass is 10.1. The summed E-state index contributed by atoms with van der Waals surface area (Å²) in [4.78, 5) is 26.0. The summed E-state index contributed by atoms with van der Waals surface area (Å²) >= 11 is 0. The van der Waals surface area contributed by atoms with Crippen molar-refractivity contribution in [1.29, 1.82) is 0 Å². The van der Waals surface area contributed by atoms with Crippen LogP contribution in [0.3, 0.4) is 0 Å². The maximum absolute atomic E-state index is 12.1. The smallest absolute Gasteiger partial charge is 0.225 e. The van der Waals surface area contributed by atoms with E-state index < -0.39 is 0 Å². The number of carbonyl (C=O) groups is 1. The summed E-state index contributed by atoms with van der Waals surface area (Å²) in [5.74, 6) is 1.21. The van der Waals surface area contributed by atoms with Gasteiger partial charge in [-0.25, -0.2) is 9.97 Å². The third kappa shape index (κ3) is 2.01. The summed E-state index contributed by atoms with van der Waals surface area (Å²) in [6.07, 6.45) is 6.62. The zero-order valence-electron chi connectivity index (χ0n) is 11.2. The van der Waals surface area contributed by atoms with Crippen LogP contribution in [0.2, 0.25) is 0 Å². The van der Waals surface area contributed by atoms with Gasteiger partial charge in [-0.1, -0.05) is 0 Å². The van der Waals surface area contributed by atoms with E-state index in [2.05, 4.69) is 25.2 Å². The minimum absolute atomic E-state index is 0.0829. The highest BCUT2D eigenvalue weighted by molar-refractivity contribution is 5.88. The summed E-state index contributed by atoms with van der Waals surface area (Å²) in [5.41, 5.74) is 0.848. The topological polar surface area (TPSA) is 73.9 Å². The van der Waals surface area contributed by atoms with Gasteiger partial charge in [-0.2, -0.15) is 0 Å². The fraction of sp³-hybridized carbons (Fsp3) is 0.500. The molecule has 2 fully saturated rings. The molecule has 2 aromatic heterocycles. The van der Waals surface area contributed by atoms with Gasteiger partial charge in [0.05, 0.1) is 11.3 Å². The molecule has 1 atom stereocenters. The third-order valence-electron chi connectivity index (χ3n) is 4.12. The predicted octanol–water partition coefficient (Wildman–Crippen LogP) is 1.06. The van der Waals surface area contributed by atoms with E-state index in [-0.39, 0.29) is 11.8 Å². The molecule has 1 aliphatic heterocycles. The van der Waals surface area contributed by atoms with Gasteiger partial charge in [0, 0.05) is 25.3 Å². The number of hydrogen-bond donors (Lipinski definition) is 2. The molecule has 104 valence electrons. The van der Waals surface area contributed by atoms with E-state index >= 15 is 0 Å².